The number of aliphatic imine (C=N–C) groups is 1. The van der Waals surface area contributed by atoms with Gasteiger partial charge in [-0.3, -0.25) is 14.7 Å². The van der Waals surface area contributed by atoms with Gasteiger partial charge in [0, 0.05) is 32.2 Å². The maximum Gasteiger partial charge on any atom is 0.237 e. The first kappa shape index (κ1) is 14.0. The molecule has 2 aliphatic rings. The number of carbonyl (C=O) groups excluding carboxylic acids is 1. The van der Waals surface area contributed by atoms with Crippen LogP contribution >= 0.6 is 0 Å². The molecule has 1 heterocycles. The zero-order valence-electron chi connectivity index (χ0n) is 11.2. The first-order chi connectivity index (χ1) is 9.22. The number of rotatable bonds is 5. The van der Waals surface area contributed by atoms with Crippen molar-refractivity contribution >= 4 is 12.6 Å². The van der Waals surface area contributed by atoms with Gasteiger partial charge in [-0.25, -0.2) is 0 Å². The van der Waals surface area contributed by atoms with Crippen LogP contribution in [-0.2, 0) is 4.79 Å². The fourth-order valence-corrected chi connectivity index (χ4v) is 2.46. The van der Waals surface area contributed by atoms with E-state index in [4.69, 9.17) is 0 Å². The average molecular weight is 263 g/mol. The van der Waals surface area contributed by atoms with Gasteiger partial charge in [-0.05, 0) is 18.7 Å². The minimum atomic E-state index is 0.135. The lowest BCUT2D eigenvalue weighted by molar-refractivity contribution is -0.135. The Morgan fingerprint density at radius 2 is 2.32 bits per heavy atom. The van der Waals surface area contributed by atoms with Crippen molar-refractivity contribution in [1.82, 2.24) is 9.80 Å². The third kappa shape index (κ3) is 3.75. The van der Waals surface area contributed by atoms with Gasteiger partial charge in [0.1, 0.15) is 0 Å². The van der Waals surface area contributed by atoms with Crippen LogP contribution in [0.15, 0.2) is 28.8 Å². The lowest BCUT2D eigenvalue weighted by atomic mass is 9.96. The van der Waals surface area contributed by atoms with Crippen molar-refractivity contribution in [3.05, 3.63) is 23.8 Å². The monoisotopic (exact) mass is 263 g/mol. The van der Waals surface area contributed by atoms with Gasteiger partial charge in [-0.15, -0.1) is 0 Å². The molecular formula is C14H21N3O2. The molecule has 1 unspecified atom stereocenters. The molecular weight excluding hydrogens is 242 g/mol. The number of piperazine rings is 1. The molecule has 0 spiro atoms. The molecule has 1 saturated heterocycles. The Kier molecular flexibility index (Phi) is 4.87. The van der Waals surface area contributed by atoms with E-state index in [1.165, 1.54) is 0 Å². The summed E-state index contributed by atoms with van der Waals surface area (Å²) >= 11 is 0. The maximum absolute atomic E-state index is 12.0. The minimum absolute atomic E-state index is 0.135. The molecule has 104 valence electrons. The Labute approximate surface area is 113 Å². The van der Waals surface area contributed by atoms with Crippen LogP contribution in [-0.4, -0.2) is 67.0 Å². The molecule has 0 radical (unpaired) electrons. The first-order valence-electron chi connectivity index (χ1n) is 6.63. The molecule has 5 heteroatoms. The zero-order valence-corrected chi connectivity index (χ0v) is 11.2. The van der Waals surface area contributed by atoms with Gasteiger partial charge in [-0.2, -0.15) is 0 Å². The Balaban J connectivity index is 1.90. The average Bonchev–Trinajstić information content (AvgIpc) is 2.42. The van der Waals surface area contributed by atoms with Crippen molar-refractivity contribution in [1.29, 1.82) is 0 Å². The molecule has 1 amide bonds. The summed E-state index contributed by atoms with van der Waals surface area (Å²) < 4.78 is 0. The van der Waals surface area contributed by atoms with Crippen LogP contribution in [0.3, 0.4) is 0 Å². The van der Waals surface area contributed by atoms with E-state index in [9.17, 15) is 9.90 Å². The van der Waals surface area contributed by atoms with Crippen molar-refractivity contribution in [2.24, 2.45) is 10.9 Å². The van der Waals surface area contributed by atoms with Crippen molar-refractivity contribution < 1.29 is 9.90 Å². The van der Waals surface area contributed by atoms with Crippen LogP contribution < -0.4 is 0 Å². The second-order valence-electron chi connectivity index (χ2n) is 5.06. The second kappa shape index (κ2) is 6.63. The molecule has 0 saturated carbocycles. The predicted molar refractivity (Wildman–Crippen MR) is 75.0 cm³/mol. The van der Waals surface area contributed by atoms with Gasteiger partial charge in [-0.1, -0.05) is 18.2 Å². The SMILES string of the molecule is C=NCN1CCN(CC2=CC(CO)CC=C2)C(=O)C1. The van der Waals surface area contributed by atoms with E-state index in [1.807, 2.05) is 9.80 Å². The Bertz CT molecular complexity index is 403. The molecule has 0 aromatic carbocycles. The van der Waals surface area contributed by atoms with Gasteiger partial charge < -0.3 is 10.0 Å². The smallest absolute Gasteiger partial charge is 0.237 e. The summed E-state index contributed by atoms with van der Waals surface area (Å²) in [4.78, 5) is 19.7. The summed E-state index contributed by atoms with van der Waals surface area (Å²) in [7, 11) is 0. The lowest BCUT2D eigenvalue weighted by Gasteiger charge is -2.34. The van der Waals surface area contributed by atoms with Crippen molar-refractivity contribution in [3.8, 4) is 0 Å². The highest BCUT2D eigenvalue weighted by Gasteiger charge is 2.24. The van der Waals surface area contributed by atoms with E-state index in [1.54, 1.807) is 0 Å². The molecule has 19 heavy (non-hydrogen) atoms. The minimum Gasteiger partial charge on any atom is -0.396 e. The van der Waals surface area contributed by atoms with E-state index in [0.717, 1.165) is 25.1 Å². The van der Waals surface area contributed by atoms with Gasteiger partial charge in [0.25, 0.3) is 0 Å². The largest absolute Gasteiger partial charge is 0.396 e. The number of allylic oxidation sites excluding steroid dienone is 1. The first-order valence-corrected chi connectivity index (χ1v) is 6.63. The van der Waals surface area contributed by atoms with Crippen LogP contribution in [0.2, 0.25) is 0 Å². The van der Waals surface area contributed by atoms with Crippen molar-refractivity contribution in [2.75, 3.05) is 39.5 Å². The summed E-state index contributed by atoms with van der Waals surface area (Å²) in [6.45, 7) is 6.76. The van der Waals surface area contributed by atoms with E-state index in [-0.39, 0.29) is 18.4 Å². The molecule has 2 rings (SSSR count). The fraction of sp³-hybridized carbons (Fsp3) is 0.571. The number of carbonyl (C=O) groups is 1. The van der Waals surface area contributed by atoms with Crippen molar-refractivity contribution in [2.45, 2.75) is 6.42 Å². The molecule has 0 aromatic heterocycles. The molecule has 1 atom stereocenters. The quantitative estimate of drug-likeness (QED) is 0.725. The number of aliphatic hydroxyl groups excluding tert-OH is 1. The Morgan fingerprint density at radius 1 is 1.47 bits per heavy atom. The topological polar surface area (TPSA) is 56.1 Å². The summed E-state index contributed by atoms with van der Waals surface area (Å²) in [5.41, 5.74) is 1.12. The van der Waals surface area contributed by atoms with Crippen LogP contribution in [0.1, 0.15) is 6.42 Å². The highest BCUT2D eigenvalue weighted by molar-refractivity contribution is 5.79. The third-order valence-corrected chi connectivity index (χ3v) is 3.53. The molecule has 5 nitrogen and oxygen atoms in total. The number of hydrogen-bond acceptors (Lipinski definition) is 4. The molecule has 1 aliphatic carbocycles. The molecule has 0 bridgehead atoms. The van der Waals surface area contributed by atoms with Crippen LogP contribution in [0.5, 0.6) is 0 Å². The zero-order chi connectivity index (χ0) is 13.7. The summed E-state index contributed by atoms with van der Waals surface area (Å²) in [6.07, 6.45) is 7.08. The highest BCUT2D eigenvalue weighted by Crippen LogP contribution is 2.18. The maximum atomic E-state index is 12.0. The van der Waals surface area contributed by atoms with Crippen LogP contribution in [0.4, 0.5) is 0 Å². The second-order valence-corrected chi connectivity index (χ2v) is 5.06. The fourth-order valence-electron chi connectivity index (χ4n) is 2.46. The lowest BCUT2D eigenvalue weighted by Crippen LogP contribution is -2.50. The number of nitrogens with zero attached hydrogens (tertiary/aromatic N) is 3. The normalized spacial score (nSPS) is 24.5. The highest BCUT2D eigenvalue weighted by atomic mass is 16.3. The van der Waals surface area contributed by atoms with Crippen LogP contribution in [0.25, 0.3) is 0 Å². The molecule has 1 N–H and O–H groups in total. The number of hydrogen-bond donors (Lipinski definition) is 1. The van der Waals surface area contributed by atoms with E-state index in [2.05, 4.69) is 29.9 Å². The predicted octanol–water partition coefficient (Wildman–Crippen LogP) is 0.283. The van der Waals surface area contributed by atoms with Gasteiger partial charge in [0.05, 0.1) is 13.2 Å². The molecule has 1 aliphatic heterocycles. The van der Waals surface area contributed by atoms with Crippen LogP contribution in [0, 0.1) is 5.92 Å². The molecule has 0 aromatic rings. The number of amides is 1. The summed E-state index contributed by atoms with van der Waals surface area (Å²) in [5.74, 6) is 0.330. The van der Waals surface area contributed by atoms with Gasteiger partial charge in [0.2, 0.25) is 5.91 Å². The van der Waals surface area contributed by atoms with E-state index >= 15 is 0 Å². The van der Waals surface area contributed by atoms with Crippen molar-refractivity contribution in [3.63, 3.8) is 0 Å². The van der Waals surface area contributed by atoms with E-state index in [0.29, 0.717) is 19.8 Å². The number of aliphatic hydroxyl groups is 1. The Hall–Kier alpha value is -1.46. The standard InChI is InChI=1S/C14H21N3O2/c1-15-11-16-5-6-17(14(19)9-16)8-12-3-2-4-13(7-12)10-18/h2-3,7,13,18H,1,4-6,8-11H2. The molecule has 1 fully saturated rings. The Morgan fingerprint density at radius 3 is 3.00 bits per heavy atom. The van der Waals surface area contributed by atoms with E-state index < -0.39 is 0 Å². The summed E-state index contributed by atoms with van der Waals surface area (Å²) in [6, 6.07) is 0. The van der Waals surface area contributed by atoms with Gasteiger partial charge in [0.15, 0.2) is 0 Å². The van der Waals surface area contributed by atoms with Gasteiger partial charge >= 0.3 is 0 Å². The summed E-state index contributed by atoms with van der Waals surface area (Å²) in [5, 5.41) is 9.18. The third-order valence-electron chi connectivity index (χ3n) is 3.53.